The number of carboxylic acids is 1. The Morgan fingerprint density at radius 3 is 2.86 bits per heavy atom. The van der Waals surface area contributed by atoms with Crippen LogP contribution >= 0.6 is 34.5 Å². The molecule has 0 saturated heterocycles. The minimum absolute atomic E-state index is 0.000557. The highest BCUT2D eigenvalue weighted by Gasteiger charge is 2.41. The van der Waals surface area contributed by atoms with Gasteiger partial charge in [-0.2, -0.15) is 0 Å². The van der Waals surface area contributed by atoms with Gasteiger partial charge >= 0.3 is 5.97 Å². The van der Waals surface area contributed by atoms with Gasteiger partial charge in [-0.1, -0.05) is 23.3 Å². The van der Waals surface area contributed by atoms with E-state index in [4.69, 9.17) is 28.3 Å². The molecular weight excluding hydrogens is 417 g/mol. The van der Waals surface area contributed by atoms with Gasteiger partial charge in [0.1, 0.15) is 4.88 Å². The van der Waals surface area contributed by atoms with Crippen LogP contribution in [-0.2, 0) is 6.42 Å². The molecular formula is C21H23Cl2NO3S. The maximum Gasteiger partial charge on any atom is 0.345 e. The number of carbonyl (C=O) groups is 1. The topological polar surface area (TPSA) is 70.4 Å². The van der Waals surface area contributed by atoms with Crippen LogP contribution in [0, 0.1) is 11.8 Å². The Kier molecular flexibility index (Phi) is 7.15. The maximum absolute atomic E-state index is 11.0. The van der Waals surface area contributed by atoms with Crippen LogP contribution in [0.3, 0.4) is 0 Å². The first-order valence-electron chi connectivity index (χ1n) is 9.28. The summed E-state index contributed by atoms with van der Waals surface area (Å²) in [5.74, 6) is -0.703. The van der Waals surface area contributed by atoms with Crippen molar-refractivity contribution in [2.75, 3.05) is 0 Å². The second kappa shape index (κ2) is 9.40. The van der Waals surface area contributed by atoms with Gasteiger partial charge in [-0.25, -0.2) is 4.79 Å². The predicted molar refractivity (Wildman–Crippen MR) is 114 cm³/mol. The molecule has 0 radical (unpaired) electrons. The third-order valence-electron chi connectivity index (χ3n) is 5.29. The van der Waals surface area contributed by atoms with Crippen molar-refractivity contribution in [3.8, 4) is 0 Å². The molecule has 4 nitrogen and oxygen atoms in total. The standard InChI is InChI=1S/C21H23Cl2NO3S/c1-12(7-13-8-14(22)11-24-10-13)20-16(17(23)9-18(20)25)4-2-3-15-5-6-19(28-15)21(26)27/h5-8,10-11,16-18,20,25H,2-4,9H2,1H3,(H,26,27)/b12-7+/t16-,17+,18+,20+/m0/s1. The Hall–Kier alpha value is -1.40. The molecule has 2 N–H and O–H groups in total. The minimum atomic E-state index is -0.882. The van der Waals surface area contributed by atoms with Crippen molar-refractivity contribution in [2.45, 2.75) is 44.1 Å². The summed E-state index contributed by atoms with van der Waals surface area (Å²) < 4.78 is 0. The molecule has 3 rings (SSSR count). The monoisotopic (exact) mass is 439 g/mol. The lowest BCUT2D eigenvalue weighted by molar-refractivity contribution is 0.0702. The normalized spacial score (nSPS) is 25.2. The fourth-order valence-electron chi connectivity index (χ4n) is 4.07. The zero-order valence-corrected chi connectivity index (χ0v) is 17.8. The lowest BCUT2D eigenvalue weighted by atomic mass is 9.84. The van der Waals surface area contributed by atoms with E-state index in [1.807, 2.05) is 25.1 Å². The van der Waals surface area contributed by atoms with Gasteiger partial charge in [0.25, 0.3) is 0 Å². The van der Waals surface area contributed by atoms with Gasteiger partial charge in [0, 0.05) is 28.6 Å². The SMILES string of the molecule is C/C(=C\c1cncc(Cl)c1)[C@@H]1[C@@H](CCCc2ccc(C(=O)O)s2)[C@H](Cl)C[C@H]1O. The second-order valence-corrected chi connectivity index (χ2v) is 9.46. The summed E-state index contributed by atoms with van der Waals surface area (Å²) >= 11 is 13.9. The summed E-state index contributed by atoms with van der Waals surface area (Å²) in [5, 5.41) is 20.1. The number of rotatable bonds is 7. The van der Waals surface area contributed by atoms with Crippen LogP contribution in [0.2, 0.25) is 5.02 Å². The fraction of sp³-hybridized carbons (Fsp3) is 0.429. The molecule has 1 aliphatic rings. The quantitative estimate of drug-likeness (QED) is 0.556. The van der Waals surface area contributed by atoms with Crippen LogP contribution in [-0.4, -0.2) is 32.6 Å². The van der Waals surface area contributed by atoms with Gasteiger partial charge < -0.3 is 10.2 Å². The molecule has 0 unspecified atom stereocenters. The second-order valence-electron chi connectivity index (χ2n) is 7.30. The van der Waals surface area contributed by atoms with Gasteiger partial charge in [0.05, 0.1) is 11.1 Å². The number of hydrogen-bond donors (Lipinski definition) is 2. The van der Waals surface area contributed by atoms with Crippen molar-refractivity contribution in [3.63, 3.8) is 0 Å². The van der Waals surface area contributed by atoms with E-state index >= 15 is 0 Å². The van der Waals surface area contributed by atoms with Crippen molar-refractivity contribution < 1.29 is 15.0 Å². The molecule has 0 bridgehead atoms. The number of pyridine rings is 1. The number of nitrogens with zero attached hydrogens (tertiary/aromatic N) is 1. The number of aliphatic hydroxyl groups is 1. The first-order valence-corrected chi connectivity index (χ1v) is 10.9. The molecule has 1 aliphatic carbocycles. The van der Waals surface area contributed by atoms with Crippen molar-refractivity contribution in [3.05, 3.63) is 56.5 Å². The molecule has 0 aromatic carbocycles. The number of hydrogen-bond acceptors (Lipinski definition) is 4. The van der Waals surface area contributed by atoms with Gasteiger partial charge in [0.15, 0.2) is 0 Å². The highest BCUT2D eigenvalue weighted by molar-refractivity contribution is 7.13. The molecule has 0 amide bonds. The van der Waals surface area contributed by atoms with E-state index < -0.39 is 12.1 Å². The Bertz CT molecular complexity index is 867. The number of alkyl halides is 1. The number of carboxylic acid groups (broad SMARTS) is 1. The van der Waals surface area contributed by atoms with E-state index in [1.165, 1.54) is 11.3 Å². The van der Waals surface area contributed by atoms with Crippen molar-refractivity contribution >= 4 is 46.6 Å². The number of aliphatic hydroxyl groups excluding tert-OH is 1. The number of aryl methyl sites for hydroxylation is 1. The zero-order valence-electron chi connectivity index (χ0n) is 15.5. The minimum Gasteiger partial charge on any atom is -0.477 e. The third kappa shape index (κ3) is 5.15. The van der Waals surface area contributed by atoms with Crippen molar-refractivity contribution in [2.24, 2.45) is 11.8 Å². The van der Waals surface area contributed by atoms with Gasteiger partial charge in [0.2, 0.25) is 0 Å². The molecule has 4 atom stereocenters. The average molecular weight is 440 g/mol. The molecule has 0 spiro atoms. The van der Waals surface area contributed by atoms with Gasteiger partial charge in [-0.05, 0) is 62.3 Å². The summed E-state index contributed by atoms with van der Waals surface area (Å²) in [6.45, 7) is 2.02. The molecule has 7 heteroatoms. The zero-order chi connectivity index (χ0) is 20.3. The van der Waals surface area contributed by atoms with Crippen LogP contribution in [0.25, 0.3) is 6.08 Å². The Balaban J connectivity index is 1.66. The van der Waals surface area contributed by atoms with E-state index in [0.29, 0.717) is 16.3 Å². The molecule has 1 saturated carbocycles. The van der Waals surface area contributed by atoms with E-state index in [2.05, 4.69) is 4.98 Å². The van der Waals surface area contributed by atoms with Gasteiger partial charge in [-0.3, -0.25) is 4.98 Å². The Morgan fingerprint density at radius 2 is 2.18 bits per heavy atom. The van der Waals surface area contributed by atoms with Crippen LogP contribution in [0.1, 0.15) is 46.3 Å². The highest BCUT2D eigenvalue weighted by atomic mass is 35.5. The number of aromatic carboxylic acids is 1. The van der Waals surface area contributed by atoms with E-state index in [9.17, 15) is 9.90 Å². The smallest absolute Gasteiger partial charge is 0.345 e. The summed E-state index contributed by atoms with van der Waals surface area (Å²) in [7, 11) is 0. The van der Waals surface area contributed by atoms with Crippen molar-refractivity contribution in [1.82, 2.24) is 4.98 Å². The van der Waals surface area contributed by atoms with Crippen LogP contribution in [0.15, 0.2) is 36.2 Å². The van der Waals surface area contributed by atoms with E-state index in [0.717, 1.165) is 35.3 Å². The first-order chi connectivity index (χ1) is 13.3. The Morgan fingerprint density at radius 1 is 1.39 bits per heavy atom. The summed E-state index contributed by atoms with van der Waals surface area (Å²) in [6, 6.07) is 5.38. The number of aromatic nitrogens is 1. The third-order valence-corrected chi connectivity index (χ3v) is 7.13. The molecule has 2 heterocycles. The molecule has 150 valence electrons. The fourth-order valence-corrected chi connectivity index (χ4v) is 5.61. The highest BCUT2D eigenvalue weighted by Crippen LogP contribution is 2.43. The molecule has 2 aromatic heterocycles. The lowest BCUT2D eigenvalue weighted by Crippen LogP contribution is -2.22. The summed E-state index contributed by atoms with van der Waals surface area (Å²) in [5.41, 5.74) is 1.99. The Labute approximate surface area is 178 Å². The van der Waals surface area contributed by atoms with Crippen LogP contribution in [0.5, 0.6) is 0 Å². The molecule has 2 aromatic rings. The maximum atomic E-state index is 11.0. The predicted octanol–water partition coefficient (Wildman–Crippen LogP) is 5.53. The lowest BCUT2D eigenvalue weighted by Gasteiger charge is -2.24. The molecule has 0 aliphatic heterocycles. The van der Waals surface area contributed by atoms with E-state index in [-0.39, 0.29) is 17.2 Å². The molecule has 1 fully saturated rings. The first kappa shape index (κ1) is 21.3. The summed E-state index contributed by atoms with van der Waals surface area (Å²) in [4.78, 5) is 16.6. The number of halogens is 2. The van der Waals surface area contributed by atoms with Crippen molar-refractivity contribution in [1.29, 1.82) is 0 Å². The average Bonchev–Trinajstić information content (AvgIpc) is 3.20. The van der Waals surface area contributed by atoms with Gasteiger partial charge in [-0.15, -0.1) is 22.9 Å². The largest absolute Gasteiger partial charge is 0.477 e. The number of thiophene rings is 1. The van der Waals surface area contributed by atoms with E-state index in [1.54, 1.807) is 18.5 Å². The summed E-state index contributed by atoms with van der Waals surface area (Å²) in [6.07, 6.45) is 8.10. The van der Waals surface area contributed by atoms with Crippen LogP contribution < -0.4 is 0 Å². The molecule has 28 heavy (non-hydrogen) atoms. The van der Waals surface area contributed by atoms with Crippen LogP contribution in [0.4, 0.5) is 0 Å².